The van der Waals surface area contributed by atoms with E-state index < -0.39 is 4.92 Å². The molecule has 0 N–H and O–H groups in total. The normalized spacial score (nSPS) is 14.5. The van der Waals surface area contributed by atoms with E-state index in [-0.39, 0.29) is 11.6 Å². The lowest BCUT2D eigenvalue weighted by atomic mass is 10.1. The summed E-state index contributed by atoms with van der Waals surface area (Å²) in [4.78, 5) is 26.8. The fourth-order valence-corrected chi connectivity index (χ4v) is 3.15. The Hall–Kier alpha value is -2.60. The van der Waals surface area contributed by atoms with Crippen molar-refractivity contribution in [1.82, 2.24) is 4.90 Å². The molecule has 0 atom stereocenters. The largest absolute Gasteiger partial charge is 0.368 e. The highest BCUT2D eigenvalue weighted by molar-refractivity contribution is 6.30. The summed E-state index contributed by atoms with van der Waals surface area (Å²) in [5.41, 5.74) is 2.70. The van der Waals surface area contributed by atoms with Gasteiger partial charge in [0, 0.05) is 54.6 Å². The Labute approximate surface area is 150 Å². The molecule has 0 radical (unpaired) electrons. The molecular formula is C18H18ClN3O3. The van der Waals surface area contributed by atoms with Crippen LogP contribution in [-0.4, -0.2) is 41.9 Å². The van der Waals surface area contributed by atoms with Gasteiger partial charge >= 0.3 is 0 Å². The molecule has 6 nitrogen and oxygen atoms in total. The average molecular weight is 360 g/mol. The number of hydrogen-bond donors (Lipinski definition) is 0. The zero-order valence-electron chi connectivity index (χ0n) is 13.8. The van der Waals surface area contributed by atoms with Gasteiger partial charge in [-0.2, -0.15) is 0 Å². The number of benzene rings is 2. The van der Waals surface area contributed by atoms with Crippen LogP contribution in [0.2, 0.25) is 5.02 Å². The number of anilines is 1. The first-order valence-corrected chi connectivity index (χ1v) is 8.38. The Morgan fingerprint density at radius 2 is 1.72 bits per heavy atom. The molecule has 0 spiro atoms. The summed E-state index contributed by atoms with van der Waals surface area (Å²) in [5.74, 6) is -0.0997. The molecule has 1 amide bonds. The lowest BCUT2D eigenvalue weighted by Gasteiger charge is -2.37. The van der Waals surface area contributed by atoms with Gasteiger partial charge in [0.15, 0.2) is 0 Å². The molecule has 0 unspecified atom stereocenters. The SMILES string of the molecule is Cc1ccc(Cl)cc1N1CCN(C(=O)c2ccc([N+](=O)[O-])cc2)CC1. The highest BCUT2D eigenvalue weighted by Crippen LogP contribution is 2.25. The van der Waals surface area contributed by atoms with E-state index in [1.807, 2.05) is 25.1 Å². The van der Waals surface area contributed by atoms with Crippen LogP contribution in [0.4, 0.5) is 11.4 Å². The van der Waals surface area contributed by atoms with Gasteiger partial charge in [0.2, 0.25) is 0 Å². The van der Waals surface area contributed by atoms with Crippen molar-refractivity contribution in [1.29, 1.82) is 0 Å². The fourth-order valence-electron chi connectivity index (χ4n) is 2.98. The summed E-state index contributed by atoms with van der Waals surface area (Å²) in [6.07, 6.45) is 0. The van der Waals surface area contributed by atoms with Crippen LogP contribution in [-0.2, 0) is 0 Å². The topological polar surface area (TPSA) is 66.7 Å². The number of carbonyl (C=O) groups excluding carboxylic acids is 1. The monoisotopic (exact) mass is 359 g/mol. The second kappa shape index (κ2) is 7.11. The molecule has 7 heteroatoms. The number of carbonyl (C=O) groups is 1. The van der Waals surface area contributed by atoms with Crippen molar-refractivity contribution in [2.24, 2.45) is 0 Å². The number of nitrogens with zero attached hydrogens (tertiary/aromatic N) is 3. The van der Waals surface area contributed by atoms with Gasteiger partial charge in [0.05, 0.1) is 4.92 Å². The van der Waals surface area contributed by atoms with Crippen molar-refractivity contribution in [3.8, 4) is 0 Å². The van der Waals surface area contributed by atoms with E-state index in [1.165, 1.54) is 24.3 Å². The van der Waals surface area contributed by atoms with Crippen LogP contribution >= 0.6 is 11.6 Å². The third kappa shape index (κ3) is 3.74. The van der Waals surface area contributed by atoms with Crippen molar-refractivity contribution in [2.45, 2.75) is 6.92 Å². The molecule has 130 valence electrons. The van der Waals surface area contributed by atoms with Crippen LogP contribution in [0.5, 0.6) is 0 Å². The molecule has 0 saturated carbocycles. The molecule has 1 aliphatic rings. The minimum Gasteiger partial charge on any atom is -0.368 e. The summed E-state index contributed by atoms with van der Waals surface area (Å²) in [6, 6.07) is 11.5. The highest BCUT2D eigenvalue weighted by Gasteiger charge is 2.23. The summed E-state index contributed by atoms with van der Waals surface area (Å²) < 4.78 is 0. The maximum Gasteiger partial charge on any atom is 0.269 e. The molecule has 1 aliphatic heterocycles. The number of amides is 1. The third-order valence-corrected chi connectivity index (χ3v) is 4.64. The zero-order valence-corrected chi connectivity index (χ0v) is 14.6. The number of piperazine rings is 1. The molecule has 1 fully saturated rings. The Bertz CT molecular complexity index is 800. The lowest BCUT2D eigenvalue weighted by molar-refractivity contribution is -0.384. The van der Waals surface area contributed by atoms with Crippen LogP contribution in [0.25, 0.3) is 0 Å². The second-order valence-electron chi connectivity index (χ2n) is 6.01. The van der Waals surface area contributed by atoms with Gasteiger partial charge in [0.1, 0.15) is 0 Å². The molecule has 0 aliphatic carbocycles. The van der Waals surface area contributed by atoms with Gasteiger partial charge < -0.3 is 9.80 Å². The molecule has 0 aromatic heterocycles. The predicted octanol–water partition coefficient (Wildman–Crippen LogP) is 3.52. The first-order valence-electron chi connectivity index (χ1n) is 8.00. The molecule has 1 heterocycles. The number of rotatable bonds is 3. The first kappa shape index (κ1) is 17.2. The number of nitro benzene ring substituents is 1. The van der Waals surface area contributed by atoms with Gasteiger partial charge in [-0.25, -0.2) is 0 Å². The number of hydrogen-bond acceptors (Lipinski definition) is 4. The van der Waals surface area contributed by atoms with E-state index >= 15 is 0 Å². The van der Waals surface area contributed by atoms with Crippen molar-refractivity contribution in [2.75, 3.05) is 31.1 Å². The van der Waals surface area contributed by atoms with Crippen LogP contribution in [0.15, 0.2) is 42.5 Å². The highest BCUT2D eigenvalue weighted by atomic mass is 35.5. The van der Waals surface area contributed by atoms with Crippen molar-refractivity contribution in [3.63, 3.8) is 0 Å². The summed E-state index contributed by atoms with van der Waals surface area (Å²) in [6.45, 7) is 4.68. The predicted molar refractivity (Wildman–Crippen MR) is 97.4 cm³/mol. The van der Waals surface area contributed by atoms with Gasteiger partial charge in [-0.1, -0.05) is 17.7 Å². The van der Waals surface area contributed by atoms with Crippen LogP contribution in [0, 0.1) is 17.0 Å². The number of halogens is 1. The van der Waals surface area contributed by atoms with E-state index in [0.29, 0.717) is 23.7 Å². The summed E-state index contributed by atoms with van der Waals surface area (Å²) in [7, 11) is 0. The minimum absolute atomic E-state index is 0.0159. The molecular weight excluding hydrogens is 342 g/mol. The fraction of sp³-hybridized carbons (Fsp3) is 0.278. The molecule has 2 aromatic rings. The third-order valence-electron chi connectivity index (χ3n) is 4.40. The zero-order chi connectivity index (χ0) is 18.0. The molecule has 1 saturated heterocycles. The first-order chi connectivity index (χ1) is 12.0. The number of aryl methyl sites for hydroxylation is 1. The van der Waals surface area contributed by atoms with Crippen molar-refractivity contribution < 1.29 is 9.72 Å². The molecule has 2 aromatic carbocycles. The minimum atomic E-state index is -0.472. The van der Waals surface area contributed by atoms with Gasteiger partial charge in [-0.15, -0.1) is 0 Å². The van der Waals surface area contributed by atoms with E-state index in [4.69, 9.17) is 11.6 Å². The standard InChI is InChI=1S/C18H18ClN3O3/c1-13-2-5-15(19)12-17(13)20-8-10-21(11-9-20)18(23)14-3-6-16(7-4-14)22(24)25/h2-7,12H,8-11H2,1H3. The van der Waals surface area contributed by atoms with Crippen LogP contribution < -0.4 is 4.90 Å². The molecule has 0 bridgehead atoms. The quantitative estimate of drug-likeness (QED) is 0.621. The number of non-ortho nitro benzene ring substituents is 1. The molecule has 25 heavy (non-hydrogen) atoms. The van der Waals surface area contributed by atoms with E-state index in [1.54, 1.807) is 4.90 Å². The lowest BCUT2D eigenvalue weighted by Crippen LogP contribution is -2.49. The van der Waals surface area contributed by atoms with E-state index in [9.17, 15) is 14.9 Å². The Balaban J connectivity index is 1.66. The Morgan fingerprint density at radius 1 is 1.08 bits per heavy atom. The van der Waals surface area contributed by atoms with Gasteiger partial charge in [-0.3, -0.25) is 14.9 Å². The summed E-state index contributed by atoms with van der Waals surface area (Å²) in [5, 5.41) is 11.4. The van der Waals surface area contributed by atoms with E-state index in [2.05, 4.69) is 4.90 Å². The average Bonchev–Trinajstić information content (AvgIpc) is 2.63. The maximum atomic E-state index is 12.6. The van der Waals surface area contributed by atoms with Crippen molar-refractivity contribution >= 4 is 28.9 Å². The van der Waals surface area contributed by atoms with Gasteiger partial charge in [-0.05, 0) is 36.8 Å². The number of nitro groups is 1. The van der Waals surface area contributed by atoms with Crippen LogP contribution in [0.1, 0.15) is 15.9 Å². The molecule has 3 rings (SSSR count). The smallest absolute Gasteiger partial charge is 0.269 e. The van der Waals surface area contributed by atoms with Crippen LogP contribution in [0.3, 0.4) is 0 Å². The van der Waals surface area contributed by atoms with E-state index in [0.717, 1.165) is 24.3 Å². The van der Waals surface area contributed by atoms with Gasteiger partial charge in [0.25, 0.3) is 11.6 Å². The Morgan fingerprint density at radius 3 is 2.32 bits per heavy atom. The Kier molecular flexibility index (Phi) is 4.90. The maximum absolute atomic E-state index is 12.6. The summed E-state index contributed by atoms with van der Waals surface area (Å²) >= 11 is 6.09. The van der Waals surface area contributed by atoms with Crippen molar-refractivity contribution in [3.05, 3.63) is 68.7 Å². The second-order valence-corrected chi connectivity index (χ2v) is 6.45.